The summed E-state index contributed by atoms with van der Waals surface area (Å²) < 4.78 is 5.56. The molecule has 0 fully saturated rings. The maximum Gasteiger partial charge on any atom is 0.261 e. The molecule has 2 rings (SSSR count). The maximum atomic E-state index is 5.66. The van der Waals surface area contributed by atoms with E-state index in [9.17, 15) is 0 Å². The fraction of sp³-hybridized carbons (Fsp3) is 0.222. The Morgan fingerprint density at radius 3 is 2.00 bits per heavy atom. The van der Waals surface area contributed by atoms with Crippen LogP contribution in [0.1, 0.15) is 22.3 Å². The number of halogens is 1. The van der Waals surface area contributed by atoms with Crippen molar-refractivity contribution in [3.63, 3.8) is 0 Å². The van der Waals surface area contributed by atoms with E-state index in [1.807, 2.05) is 0 Å². The van der Waals surface area contributed by atoms with Gasteiger partial charge in [-0.15, -0.1) is 11.6 Å². The van der Waals surface area contributed by atoms with Crippen molar-refractivity contribution in [3.8, 4) is 0 Å². The zero-order valence-corrected chi connectivity index (χ0v) is 14.2. The van der Waals surface area contributed by atoms with E-state index in [2.05, 4.69) is 68.1 Å². The Kier molecular flexibility index (Phi) is 6.24. The summed E-state index contributed by atoms with van der Waals surface area (Å²) in [5.41, 5.74) is 8.47. The third-order valence-corrected chi connectivity index (χ3v) is 4.27. The van der Waals surface area contributed by atoms with Gasteiger partial charge in [0.1, 0.15) is 0 Å². The van der Waals surface area contributed by atoms with Gasteiger partial charge in [0, 0.05) is 12.5 Å². The molecule has 0 amide bonds. The van der Waals surface area contributed by atoms with Crippen molar-refractivity contribution in [2.24, 2.45) is 0 Å². The van der Waals surface area contributed by atoms with Gasteiger partial charge in [0.05, 0.1) is 0 Å². The quantitative estimate of drug-likeness (QED) is 0.431. The van der Waals surface area contributed by atoms with Crippen molar-refractivity contribution >= 4 is 26.9 Å². The summed E-state index contributed by atoms with van der Waals surface area (Å²) >= 11 is 5.66. The zero-order chi connectivity index (χ0) is 15.1. The number of benzene rings is 2. The highest BCUT2D eigenvalue weighted by Gasteiger charge is 2.09. The van der Waals surface area contributed by atoms with Crippen molar-refractivity contribution in [1.82, 2.24) is 0 Å². The SMILES string of the molecule is Cc1ccccc1C(=C[Si]OCCCl)c1ccccc1C. The van der Waals surface area contributed by atoms with Gasteiger partial charge >= 0.3 is 0 Å². The second kappa shape index (κ2) is 8.18. The van der Waals surface area contributed by atoms with Crippen LogP contribution in [-0.2, 0) is 4.43 Å². The van der Waals surface area contributed by atoms with E-state index in [4.69, 9.17) is 16.0 Å². The van der Waals surface area contributed by atoms with Crippen LogP contribution in [0.2, 0.25) is 0 Å². The summed E-state index contributed by atoms with van der Waals surface area (Å²) in [5, 5.41) is 0. The van der Waals surface area contributed by atoms with E-state index in [1.165, 1.54) is 27.8 Å². The highest BCUT2D eigenvalue weighted by Crippen LogP contribution is 2.28. The third kappa shape index (κ3) is 4.30. The molecule has 0 aliphatic rings. The summed E-state index contributed by atoms with van der Waals surface area (Å²) in [6, 6.07) is 16.9. The smallest absolute Gasteiger partial charge is 0.261 e. The van der Waals surface area contributed by atoms with Crippen LogP contribution in [0.5, 0.6) is 0 Å². The Morgan fingerprint density at radius 1 is 1.00 bits per heavy atom. The molecule has 0 unspecified atom stereocenters. The minimum absolute atomic E-state index is 0.317. The Balaban J connectivity index is 2.40. The molecule has 2 aromatic carbocycles. The van der Waals surface area contributed by atoms with Crippen LogP contribution in [0, 0.1) is 13.8 Å². The monoisotopic (exact) mass is 314 g/mol. The topological polar surface area (TPSA) is 9.23 Å². The van der Waals surface area contributed by atoms with Crippen molar-refractivity contribution < 1.29 is 4.43 Å². The highest BCUT2D eigenvalue weighted by molar-refractivity contribution is 6.37. The number of hydrogen-bond acceptors (Lipinski definition) is 1. The lowest BCUT2D eigenvalue weighted by Gasteiger charge is -2.14. The lowest BCUT2D eigenvalue weighted by Crippen LogP contribution is -2.02. The number of aryl methyl sites for hydroxylation is 2. The third-order valence-electron chi connectivity index (χ3n) is 3.34. The van der Waals surface area contributed by atoms with E-state index >= 15 is 0 Å². The number of hydrogen-bond donors (Lipinski definition) is 0. The van der Waals surface area contributed by atoms with Crippen molar-refractivity contribution in [3.05, 3.63) is 76.5 Å². The molecule has 108 valence electrons. The first-order chi connectivity index (χ1) is 10.2. The van der Waals surface area contributed by atoms with E-state index in [-0.39, 0.29) is 0 Å². The second-order valence-corrected chi connectivity index (χ2v) is 6.03. The lowest BCUT2D eigenvalue weighted by molar-refractivity contribution is 0.369. The Labute approximate surface area is 134 Å². The van der Waals surface area contributed by atoms with Gasteiger partial charge in [-0.1, -0.05) is 54.2 Å². The van der Waals surface area contributed by atoms with E-state index < -0.39 is 0 Å². The molecule has 0 N–H and O–H groups in total. The van der Waals surface area contributed by atoms with Crippen molar-refractivity contribution in [2.75, 3.05) is 12.5 Å². The van der Waals surface area contributed by atoms with Gasteiger partial charge in [0.2, 0.25) is 0 Å². The van der Waals surface area contributed by atoms with E-state index in [1.54, 1.807) is 0 Å². The Hall–Kier alpha value is -1.35. The molecule has 2 aromatic rings. The summed E-state index contributed by atoms with van der Waals surface area (Å²) in [5.74, 6) is 0.533. The van der Waals surface area contributed by atoms with Crippen LogP contribution in [0.3, 0.4) is 0 Å². The molecule has 0 aromatic heterocycles. The average molecular weight is 315 g/mol. The maximum absolute atomic E-state index is 5.66. The molecule has 0 saturated heterocycles. The first-order valence-electron chi connectivity index (χ1n) is 6.99. The number of rotatable bonds is 6. The standard InChI is InChI=1S/C18H19ClOSi/c1-14-7-3-5-9-16(14)18(13-21-20-12-11-19)17-10-6-4-8-15(17)2/h3-10,13H,11-12H2,1-2H3. The van der Waals surface area contributed by atoms with Gasteiger partial charge in [0.15, 0.2) is 0 Å². The summed E-state index contributed by atoms with van der Waals surface area (Å²) in [6.45, 7) is 4.87. The molecule has 0 spiro atoms. The normalized spacial score (nSPS) is 10.4. The van der Waals surface area contributed by atoms with Crippen molar-refractivity contribution in [2.45, 2.75) is 13.8 Å². The largest absolute Gasteiger partial charge is 0.411 e. The lowest BCUT2D eigenvalue weighted by atomic mass is 9.93. The minimum atomic E-state index is 0.317. The molecule has 0 aliphatic heterocycles. The van der Waals surface area contributed by atoms with Crippen LogP contribution in [-0.4, -0.2) is 22.3 Å². The molecule has 3 heteroatoms. The molecule has 0 atom stereocenters. The van der Waals surface area contributed by atoms with E-state index in [0.717, 1.165) is 0 Å². The summed E-state index contributed by atoms with van der Waals surface area (Å²) in [4.78, 5) is 0. The fourth-order valence-corrected chi connectivity index (χ4v) is 3.19. The Bertz CT molecular complexity index is 575. The first kappa shape index (κ1) is 16.0. The molecular formula is C18H19ClOSi. The highest BCUT2D eigenvalue weighted by atomic mass is 35.5. The number of alkyl halides is 1. The van der Waals surface area contributed by atoms with Crippen LogP contribution < -0.4 is 0 Å². The molecular weight excluding hydrogens is 296 g/mol. The average Bonchev–Trinajstić information content (AvgIpc) is 2.50. The predicted molar refractivity (Wildman–Crippen MR) is 91.9 cm³/mol. The van der Waals surface area contributed by atoms with Gasteiger partial charge in [-0.3, -0.25) is 0 Å². The Morgan fingerprint density at radius 2 is 1.52 bits per heavy atom. The molecule has 0 aliphatic carbocycles. The van der Waals surface area contributed by atoms with Crippen molar-refractivity contribution in [1.29, 1.82) is 0 Å². The van der Waals surface area contributed by atoms with Crippen LogP contribution >= 0.6 is 11.6 Å². The molecule has 0 heterocycles. The van der Waals surface area contributed by atoms with Gasteiger partial charge in [-0.2, -0.15) is 0 Å². The first-order valence-corrected chi connectivity index (χ1v) is 8.51. The second-order valence-electron chi connectivity index (χ2n) is 4.84. The van der Waals surface area contributed by atoms with E-state index in [0.29, 0.717) is 22.3 Å². The molecule has 0 bridgehead atoms. The van der Waals surface area contributed by atoms with Gasteiger partial charge in [-0.05, 0) is 41.7 Å². The molecule has 0 saturated carbocycles. The van der Waals surface area contributed by atoms with Crippen LogP contribution in [0.15, 0.2) is 54.2 Å². The fourth-order valence-electron chi connectivity index (χ4n) is 2.25. The van der Waals surface area contributed by atoms with Gasteiger partial charge < -0.3 is 4.43 Å². The zero-order valence-electron chi connectivity index (χ0n) is 12.4. The van der Waals surface area contributed by atoms with Crippen LogP contribution in [0.4, 0.5) is 0 Å². The van der Waals surface area contributed by atoms with Crippen LogP contribution in [0.25, 0.3) is 5.57 Å². The molecule has 21 heavy (non-hydrogen) atoms. The minimum Gasteiger partial charge on any atom is -0.411 e. The summed E-state index contributed by atoms with van der Waals surface area (Å²) in [6.07, 6.45) is 0. The summed E-state index contributed by atoms with van der Waals surface area (Å²) in [7, 11) is 0.317. The molecule has 1 nitrogen and oxygen atoms in total. The van der Waals surface area contributed by atoms with Gasteiger partial charge in [0.25, 0.3) is 9.76 Å². The van der Waals surface area contributed by atoms with Gasteiger partial charge in [-0.25, -0.2) is 0 Å². The molecule has 2 radical (unpaired) electrons. The predicted octanol–water partition coefficient (Wildman–Crippen LogP) is 4.57.